The summed E-state index contributed by atoms with van der Waals surface area (Å²) in [4.78, 5) is 29.5. The Morgan fingerprint density at radius 2 is 1.60 bits per heavy atom. The molecule has 0 aliphatic carbocycles. The average molecular weight is 408 g/mol. The van der Waals surface area contributed by atoms with Gasteiger partial charge in [0.1, 0.15) is 12.3 Å². The molecule has 0 unspecified atom stereocenters. The number of rotatable bonds is 8. The molecule has 158 valence electrons. The van der Waals surface area contributed by atoms with Gasteiger partial charge in [0.15, 0.2) is 5.76 Å². The van der Waals surface area contributed by atoms with E-state index < -0.39 is 5.54 Å². The van der Waals surface area contributed by atoms with E-state index in [0.29, 0.717) is 18.8 Å². The van der Waals surface area contributed by atoms with E-state index in [1.54, 1.807) is 34.3 Å². The highest BCUT2D eigenvalue weighted by molar-refractivity contribution is 5.94. The van der Waals surface area contributed by atoms with E-state index in [4.69, 9.17) is 8.83 Å². The highest BCUT2D eigenvalue weighted by Gasteiger charge is 2.32. The lowest BCUT2D eigenvalue weighted by atomic mass is 10.1. The second kappa shape index (κ2) is 9.48. The van der Waals surface area contributed by atoms with Crippen LogP contribution < -0.4 is 0 Å². The van der Waals surface area contributed by atoms with Crippen LogP contribution in [-0.2, 0) is 17.8 Å². The van der Waals surface area contributed by atoms with Crippen LogP contribution in [0.5, 0.6) is 0 Å². The van der Waals surface area contributed by atoms with Crippen LogP contribution >= 0.6 is 0 Å². The Kier molecular flexibility index (Phi) is 6.77. The zero-order valence-electron chi connectivity index (χ0n) is 17.7. The SMILES string of the molecule is CC(C)(C)N(CC(=O)N(CCc1ccccc1)Cc1ccco1)C(=O)c1ccco1. The van der Waals surface area contributed by atoms with Gasteiger partial charge >= 0.3 is 0 Å². The fourth-order valence-corrected chi connectivity index (χ4v) is 3.17. The highest BCUT2D eigenvalue weighted by Crippen LogP contribution is 2.19. The van der Waals surface area contributed by atoms with E-state index in [1.807, 2.05) is 57.2 Å². The van der Waals surface area contributed by atoms with E-state index in [9.17, 15) is 9.59 Å². The third kappa shape index (κ3) is 5.63. The molecular formula is C24H28N2O4. The van der Waals surface area contributed by atoms with Crippen molar-refractivity contribution in [3.8, 4) is 0 Å². The number of hydrogen-bond acceptors (Lipinski definition) is 4. The van der Waals surface area contributed by atoms with Crippen LogP contribution in [0.1, 0.15) is 42.6 Å². The molecule has 30 heavy (non-hydrogen) atoms. The molecule has 1 aromatic carbocycles. The van der Waals surface area contributed by atoms with Crippen molar-refractivity contribution in [2.75, 3.05) is 13.1 Å². The number of hydrogen-bond donors (Lipinski definition) is 0. The average Bonchev–Trinajstić information content (AvgIpc) is 3.42. The summed E-state index contributed by atoms with van der Waals surface area (Å²) >= 11 is 0. The van der Waals surface area contributed by atoms with Crippen LogP contribution in [-0.4, -0.2) is 40.2 Å². The summed E-state index contributed by atoms with van der Waals surface area (Å²) in [5, 5.41) is 0. The van der Waals surface area contributed by atoms with Gasteiger partial charge in [-0.15, -0.1) is 0 Å². The van der Waals surface area contributed by atoms with Crippen LogP contribution in [0.25, 0.3) is 0 Å². The van der Waals surface area contributed by atoms with Gasteiger partial charge in [-0.3, -0.25) is 9.59 Å². The van der Waals surface area contributed by atoms with Gasteiger partial charge in [-0.05, 0) is 57.0 Å². The molecule has 0 spiro atoms. The molecule has 0 saturated heterocycles. The number of amides is 2. The van der Waals surface area contributed by atoms with Crippen LogP contribution in [0, 0.1) is 0 Å². The molecule has 2 heterocycles. The van der Waals surface area contributed by atoms with Gasteiger partial charge in [0, 0.05) is 12.1 Å². The van der Waals surface area contributed by atoms with Gasteiger partial charge in [0.25, 0.3) is 5.91 Å². The lowest BCUT2D eigenvalue weighted by Crippen LogP contribution is -2.51. The minimum absolute atomic E-state index is 0.0431. The van der Waals surface area contributed by atoms with E-state index >= 15 is 0 Å². The molecule has 0 aliphatic heterocycles. The number of nitrogens with zero attached hydrogens (tertiary/aromatic N) is 2. The maximum absolute atomic E-state index is 13.3. The molecule has 6 nitrogen and oxygen atoms in total. The Balaban J connectivity index is 1.76. The minimum Gasteiger partial charge on any atom is -0.467 e. The Labute approximate surface area is 177 Å². The maximum Gasteiger partial charge on any atom is 0.290 e. The van der Waals surface area contributed by atoms with Crippen LogP contribution in [0.3, 0.4) is 0 Å². The zero-order chi connectivity index (χ0) is 21.6. The van der Waals surface area contributed by atoms with Crippen LogP contribution in [0.4, 0.5) is 0 Å². The van der Waals surface area contributed by atoms with Gasteiger partial charge in [-0.25, -0.2) is 0 Å². The van der Waals surface area contributed by atoms with Crippen molar-refractivity contribution in [2.45, 2.75) is 39.3 Å². The lowest BCUT2D eigenvalue weighted by molar-refractivity contribution is -0.133. The number of furan rings is 2. The molecular weight excluding hydrogens is 380 g/mol. The largest absolute Gasteiger partial charge is 0.467 e. The fourth-order valence-electron chi connectivity index (χ4n) is 3.17. The van der Waals surface area contributed by atoms with Crippen molar-refractivity contribution in [1.82, 2.24) is 9.80 Å². The summed E-state index contributed by atoms with van der Waals surface area (Å²) in [5.74, 6) is 0.481. The van der Waals surface area contributed by atoms with Crippen molar-refractivity contribution < 1.29 is 18.4 Å². The van der Waals surface area contributed by atoms with Gasteiger partial charge in [0.2, 0.25) is 5.91 Å². The molecule has 6 heteroatoms. The van der Waals surface area contributed by atoms with Gasteiger partial charge in [0.05, 0.1) is 19.1 Å². The quantitative estimate of drug-likeness (QED) is 0.555. The molecule has 0 saturated carbocycles. The number of carbonyl (C=O) groups is 2. The lowest BCUT2D eigenvalue weighted by Gasteiger charge is -2.36. The second-order valence-corrected chi connectivity index (χ2v) is 8.17. The molecule has 0 aliphatic rings. The van der Waals surface area contributed by atoms with Crippen molar-refractivity contribution >= 4 is 11.8 Å². The van der Waals surface area contributed by atoms with Crippen molar-refractivity contribution in [2.24, 2.45) is 0 Å². The molecule has 2 amide bonds. The van der Waals surface area contributed by atoms with Crippen molar-refractivity contribution in [1.29, 1.82) is 0 Å². The van der Waals surface area contributed by atoms with E-state index in [-0.39, 0.29) is 24.1 Å². The Hall–Kier alpha value is -3.28. The molecule has 0 atom stereocenters. The van der Waals surface area contributed by atoms with Gasteiger partial charge < -0.3 is 18.6 Å². The van der Waals surface area contributed by atoms with Crippen LogP contribution in [0.2, 0.25) is 0 Å². The van der Waals surface area contributed by atoms with Crippen LogP contribution in [0.15, 0.2) is 76.0 Å². The zero-order valence-corrected chi connectivity index (χ0v) is 17.7. The van der Waals surface area contributed by atoms with Crippen molar-refractivity contribution in [3.05, 3.63) is 84.2 Å². The van der Waals surface area contributed by atoms with E-state index in [0.717, 1.165) is 12.0 Å². The first-order valence-electron chi connectivity index (χ1n) is 10.0. The summed E-state index contributed by atoms with van der Waals surface area (Å²) in [7, 11) is 0. The van der Waals surface area contributed by atoms with Crippen molar-refractivity contribution in [3.63, 3.8) is 0 Å². The predicted molar refractivity (Wildman–Crippen MR) is 114 cm³/mol. The molecule has 0 bridgehead atoms. The summed E-state index contributed by atoms with van der Waals surface area (Å²) < 4.78 is 10.7. The Morgan fingerprint density at radius 3 is 2.20 bits per heavy atom. The molecule has 2 aromatic heterocycles. The molecule has 3 aromatic rings. The first-order chi connectivity index (χ1) is 14.3. The summed E-state index contributed by atoms with van der Waals surface area (Å²) in [5.41, 5.74) is 0.601. The highest BCUT2D eigenvalue weighted by atomic mass is 16.3. The Morgan fingerprint density at radius 1 is 0.900 bits per heavy atom. The van der Waals surface area contributed by atoms with Gasteiger partial charge in [-0.2, -0.15) is 0 Å². The third-order valence-corrected chi connectivity index (χ3v) is 4.87. The maximum atomic E-state index is 13.3. The molecule has 0 N–H and O–H groups in total. The monoisotopic (exact) mass is 408 g/mol. The minimum atomic E-state index is -0.546. The summed E-state index contributed by atoms with van der Waals surface area (Å²) in [6.45, 7) is 6.55. The second-order valence-electron chi connectivity index (χ2n) is 8.17. The standard InChI is InChI=1S/C24H28N2O4/c1-24(2,3)26(23(28)21-12-8-16-30-21)18-22(27)25(17-20-11-7-15-29-20)14-13-19-9-5-4-6-10-19/h4-12,15-16H,13-14,17-18H2,1-3H3. The molecule has 0 fully saturated rings. The topological polar surface area (TPSA) is 66.9 Å². The molecule has 3 rings (SSSR count). The first kappa shape index (κ1) is 21.4. The van der Waals surface area contributed by atoms with Gasteiger partial charge in [-0.1, -0.05) is 30.3 Å². The number of benzene rings is 1. The fraction of sp³-hybridized carbons (Fsp3) is 0.333. The number of carbonyl (C=O) groups excluding carboxylic acids is 2. The normalized spacial score (nSPS) is 11.3. The molecule has 0 radical (unpaired) electrons. The third-order valence-electron chi connectivity index (χ3n) is 4.87. The van der Waals surface area contributed by atoms with E-state index in [1.165, 1.54) is 6.26 Å². The Bertz CT molecular complexity index is 926. The van der Waals surface area contributed by atoms with E-state index in [2.05, 4.69) is 0 Å². The summed E-state index contributed by atoms with van der Waals surface area (Å²) in [6.07, 6.45) is 3.77. The smallest absolute Gasteiger partial charge is 0.290 e. The predicted octanol–water partition coefficient (Wildman–Crippen LogP) is 4.38. The summed E-state index contributed by atoms with van der Waals surface area (Å²) in [6, 6.07) is 16.9. The first-order valence-corrected chi connectivity index (χ1v) is 10.0.